The fourth-order valence-corrected chi connectivity index (χ4v) is 2.00. The molecule has 0 aliphatic rings. The third-order valence-corrected chi connectivity index (χ3v) is 3.05. The molecule has 1 aromatic heterocycles. The fourth-order valence-electron chi connectivity index (χ4n) is 2.00. The lowest BCUT2D eigenvalue weighted by molar-refractivity contribution is -0.384. The zero-order valence-corrected chi connectivity index (χ0v) is 10.9. The molecule has 1 unspecified atom stereocenters. The van der Waals surface area contributed by atoms with Gasteiger partial charge in [-0.3, -0.25) is 10.1 Å². The first-order valence-electron chi connectivity index (χ1n) is 6.11. The molecule has 2 aromatic rings. The Hall–Kier alpha value is -2.14. The maximum absolute atomic E-state index is 10.8. The van der Waals surface area contributed by atoms with Gasteiger partial charge in [-0.2, -0.15) is 0 Å². The summed E-state index contributed by atoms with van der Waals surface area (Å²) in [6.45, 7) is 3.96. The van der Waals surface area contributed by atoms with Crippen LogP contribution in [0.15, 0.2) is 47.1 Å². The molecule has 0 aliphatic heterocycles. The van der Waals surface area contributed by atoms with E-state index in [-0.39, 0.29) is 22.7 Å². The average molecular weight is 260 g/mol. The van der Waals surface area contributed by atoms with Crippen LogP contribution in [0.5, 0.6) is 0 Å². The van der Waals surface area contributed by atoms with Gasteiger partial charge < -0.3 is 9.73 Å². The lowest BCUT2D eigenvalue weighted by Crippen LogP contribution is -2.22. The highest BCUT2D eigenvalue weighted by Crippen LogP contribution is 2.22. The summed E-state index contributed by atoms with van der Waals surface area (Å²) in [4.78, 5) is 10.4. The number of hydrogen-bond acceptors (Lipinski definition) is 4. The van der Waals surface area contributed by atoms with Gasteiger partial charge in [0, 0.05) is 18.2 Å². The van der Waals surface area contributed by atoms with Gasteiger partial charge in [0.05, 0.1) is 17.2 Å². The molecule has 0 radical (unpaired) electrons. The van der Waals surface area contributed by atoms with Crippen molar-refractivity contribution in [2.24, 2.45) is 0 Å². The molecule has 0 amide bonds. The van der Waals surface area contributed by atoms with Crippen LogP contribution < -0.4 is 5.32 Å². The van der Waals surface area contributed by atoms with Crippen LogP contribution in [0.2, 0.25) is 0 Å². The zero-order chi connectivity index (χ0) is 13.8. The number of rotatable bonds is 5. The minimum absolute atomic E-state index is 0. The monoisotopic (exact) mass is 260 g/mol. The number of hydrogen-bond donors (Lipinski definition) is 1. The molecule has 1 aromatic carbocycles. The Morgan fingerprint density at radius 1 is 1.21 bits per heavy atom. The van der Waals surface area contributed by atoms with Gasteiger partial charge in [0.1, 0.15) is 5.76 Å². The maximum atomic E-state index is 10.8. The Kier molecular flexibility index (Phi) is 3.97. The molecule has 2 rings (SSSR count). The summed E-state index contributed by atoms with van der Waals surface area (Å²) in [5.41, 5.74) is 0.990. The molecular formula is C14H16N2O3. The number of benzene rings is 1. The van der Waals surface area contributed by atoms with Crippen molar-refractivity contribution in [2.45, 2.75) is 25.9 Å². The second-order valence-electron chi connectivity index (χ2n) is 4.48. The summed E-state index contributed by atoms with van der Waals surface area (Å²) in [6.07, 6.45) is 1.63. The van der Waals surface area contributed by atoms with Crippen LogP contribution in [-0.4, -0.2) is 4.92 Å². The van der Waals surface area contributed by atoms with Crippen molar-refractivity contribution >= 4 is 5.69 Å². The number of nitrogens with one attached hydrogen (secondary N) is 1. The first kappa shape index (κ1) is 13.3. The van der Waals surface area contributed by atoms with Crippen LogP contribution in [0, 0.1) is 10.1 Å². The molecule has 5 heteroatoms. The van der Waals surface area contributed by atoms with Gasteiger partial charge in [0.25, 0.3) is 5.69 Å². The number of nitro benzene ring substituents is 1. The van der Waals surface area contributed by atoms with E-state index in [2.05, 4.69) is 5.32 Å². The zero-order valence-electron chi connectivity index (χ0n) is 10.9. The van der Waals surface area contributed by atoms with Crippen LogP contribution in [0.4, 0.5) is 5.69 Å². The molecule has 0 spiro atoms. The van der Waals surface area contributed by atoms with Gasteiger partial charge in [0.2, 0.25) is 0 Å². The molecule has 1 N–H and O–H groups in total. The van der Waals surface area contributed by atoms with Gasteiger partial charge in [-0.25, -0.2) is 0 Å². The molecule has 100 valence electrons. The second-order valence-corrected chi connectivity index (χ2v) is 4.48. The average Bonchev–Trinajstić information content (AvgIpc) is 2.92. The summed E-state index contributed by atoms with van der Waals surface area (Å²) >= 11 is 0. The minimum atomic E-state index is -0.383. The van der Waals surface area contributed by atoms with Gasteiger partial charge >= 0.3 is 0 Å². The van der Waals surface area contributed by atoms with E-state index in [0.717, 1.165) is 11.3 Å². The first-order valence-corrected chi connectivity index (χ1v) is 6.11. The lowest BCUT2D eigenvalue weighted by Gasteiger charge is -2.18. The van der Waals surface area contributed by atoms with E-state index >= 15 is 0 Å². The van der Waals surface area contributed by atoms with Gasteiger partial charge in [-0.05, 0) is 31.5 Å². The summed E-state index contributed by atoms with van der Waals surface area (Å²) < 4.78 is 5.32. The summed E-state index contributed by atoms with van der Waals surface area (Å²) in [6, 6.07) is 10.4. The van der Waals surface area contributed by atoms with E-state index < -0.39 is 0 Å². The van der Waals surface area contributed by atoms with Crippen molar-refractivity contribution in [3.63, 3.8) is 0 Å². The SMILES string of the molecule is CC(N[C@H](C)c1ccco1)c1cccc([N+](=O)[O-])c1. The Bertz CT molecular complexity index is 552. The van der Waals surface area contributed by atoms with Crippen LogP contribution in [0.1, 0.15) is 37.3 Å². The van der Waals surface area contributed by atoms with Crippen LogP contribution in [-0.2, 0) is 0 Å². The smallest absolute Gasteiger partial charge is 0.269 e. The highest BCUT2D eigenvalue weighted by Gasteiger charge is 2.15. The topological polar surface area (TPSA) is 68.3 Å². The Morgan fingerprint density at radius 3 is 2.63 bits per heavy atom. The quantitative estimate of drug-likeness (QED) is 0.658. The molecule has 0 fully saturated rings. The minimum Gasteiger partial charge on any atom is -0.468 e. The molecular weight excluding hydrogens is 244 g/mol. The lowest BCUT2D eigenvalue weighted by atomic mass is 10.1. The van der Waals surface area contributed by atoms with E-state index in [1.54, 1.807) is 18.4 Å². The van der Waals surface area contributed by atoms with Crippen molar-refractivity contribution < 1.29 is 9.34 Å². The van der Waals surface area contributed by atoms with E-state index in [1.165, 1.54) is 6.07 Å². The standard InChI is InChI=1S/C14H16N2O3/c1-10(15-11(2)14-7-4-8-19-14)12-5-3-6-13(9-12)16(17)18/h3-11,15H,1-2H3/t10?,11-/m1/s1. The van der Waals surface area contributed by atoms with E-state index in [0.29, 0.717) is 0 Å². The number of nitrogens with zero attached hydrogens (tertiary/aromatic N) is 1. The Morgan fingerprint density at radius 2 is 2.00 bits per heavy atom. The van der Waals surface area contributed by atoms with Crippen LogP contribution >= 0.6 is 0 Å². The molecule has 1 heterocycles. The van der Waals surface area contributed by atoms with Crippen molar-refractivity contribution in [2.75, 3.05) is 0 Å². The number of nitro groups is 1. The molecule has 0 saturated heterocycles. The van der Waals surface area contributed by atoms with Crippen LogP contribution in [0.25, 0.3) is 0 Å². The number of non-ortho nitro benzene ring substituents is 1. The van der Waals surface area contributed by atoms with E-state index in [1.807, 2.05) is 32.0 Å². The molecule has 0 saturated carbocycles. The van der Waals surface area contributed by atoms with Gasteiger partial charge in [0.15, 0.2) is 0 Å². The maximum Gasteiger partial charge on any atom is 0.269 e. The van der Waals surface area contributed by atoms with Gasteiger partial charge in [-0.1, -0.05) is 12.1 Å². The van der Waals surface area contributed by atoms with E-state index in [9.17, 15) is 10.1 Å². The number of furan rings is 1. The summed E-state index contributed by atoms with van der Waals surface area (Å²) in [5.74, 6) is 0.845. The van der Waals surface area contributed by atoms with Crippen molar-refractivity contribution in [3.05, 3.63) is 64.1 Å². The molecule has 0 bridgehead atoms. The highest BCUT2D eigenvalue weighted by atomic mass is 16.6. The predicted molar refractivity (Wildman–Crippen MR) is 71.8 cm³/mol. The first-order chi connectivity index (χ1) is 9.08. The largest absolute Gasteiger partial charge is 0.468 e. The van der Waals surface area contributed by atoms with Crippen molar-refractivity contribution in [1.29, 1.82) is 0 Å². The normalized spacial score (nSPS) is 14.0. The molecule has 19 heavy (non-hydrogen) atoms. The second kappa shape index (κ2) is 5.67. The van der Waals surface area contributed by atoms with E-state index in [4.69, 9.17) is 4.42 Å². The molecule has 2 atom stereocenters. The Balaban J connectivity index is 2.09. The summed E-state index contributed by atoms with van der Waals surface area (Å²) in [5, 5.41) is 14.1. The predicted octanol–water partition coefficient (Wildman–Crippen LogP) is 3.60. The fraction of sp³-hybridized carbons (Fsp3) is 0.286. The van der Waals surface area contributed by atoms with Crippen LogP contribution in [0.3, 0.4) is 0 Å². The van der Waals surface area contributed by atoms with Gasteiger partial charge in [-0.15, -0.1) is 0 Å². The van der Waals surface area contributed by atoms with Crippen molar-refractivity contribution in [1.82, 2.24) is 5.32 Å². The third-order valence-electron chi connectivity index (χ3n) is 3.05. The molecule has 5 nitrogen and oxygen atoms in total. The van der Waals surface area contributed by atoms with Crippen molar-refractivity contribution in [3.8, 4) is 0 Å². The summed E-state index contributed by atoms with van der Waals surface area (Å²) in [7, 11) is 0. The highest BCUT2D eigenvalue weighted by molar-refractivity contribution is 5.35. The third kappa shape index (κ3) is 3.20. The Labute approximate surface area is 111 Å². The molecule has 0 aliphatic carbocycles.